The SMILES string of the molecule is C/C(=N/NC(=N)N)c1sc(-c2ccc(-c3ccccc3)cc2)nc1C. The second-order valence-corrected chi connectivity index (χ2v) is 6.60. The first kappa shape index (κ1) is 16.9. The summed E-state index contributed by atoms with van der Waals surface area (Å²) in [5, 5.41) is 12.2. The summed E-state index contributed by atoms with van der Waals surface area (Å²) in [5.41, 5.74) is 12.9. The number of hydrogen-bond acceptors (Lipinski definition) is 4. The molecule has 0 bridgehead atoms. The summed E-state index contributed by atoms with van der Waals surface area (Å²) in [6.07, 6.45) is 0. The van der Waals surface area contributed by atoms with Crippen LogP contribution in [0.1, 0.15) is 17.5 Å². The first-order valence-corrected chi connectivity index (χ1v) is 8.64. The molecule has 0 saturated carbocycles. The molecule has 0 aliphatic heterocycles. The summed E-state index contributed by atoms with van der Waals surface area (Å²) in [7, 11) is 0. The van der Waals surface area contributed by atoms with E-state index < -0.39 is 0 Å². The van der Waals surface area contributed by atoms with Crippen LogP contribution in [0.5, 0.6) is 0 Å². The van der Waals surface area contributed by atoms with Gasteiger partial charge in [0.15, 0.2) is 0 Å². The van der Waals surface area contributed by atoms with E-state index in [0.717, 1.165) is 26.9 Å². The van der Waals surface area contributed by atoms with Gasteiger partial charge in [0.25, 0.3) is 0 Å². The van der Waals surface area contributed by atoms with Crippen molar-refractivity contribution in [1.29, 1.82) is 5.41 Å². The monoisotopic (exact) mass is 349 g/mol. The third-order valence-electron chi connectivity index (χ3n) is 3.71. The highest BCUT2D eigenvalue weighted by Crippen LogP contribution is 2.30. The van der Waals surface area contributed by atoms with Crippen LogP contribution in [0.25, 0.3) is 21.7 Å². The molecule has 6 heteroatoms. The van der Waals surface area contributed by atoms with Crippen molar-refractivity contribution in [3.63, 3.8) is 0 Å². The number of thiazole rings is 1. The Labute approximate surface area is 150 Å². The summed E-state index contributed by atoms with van der Waals surface area (Å²) in [4.78, 5) is 5.64. The molecule has 3 aromatic rings. The normalized spacial score (nSPS) is 11.4. The van der Waals surface area contributed by atoms with Gasteiger partial charge in [-0.2, -0.15) is 5.10 Å². The van der Waals surface area contributed by atoms with E-state index in [9.17, 15) is 0 Å². The van der Waals surface area contributed by atoms with Gasteiger partial charge in [0.2, 0.25) is 5.96 Å². The van der Waals surface area contributed by atoms with Crippen LogP contribution in [-0.2, 0) is 0 Å². The highest BCUT2D eigenvalue weighted by atomic mass is 32.1. The van der Waals surface area contributed by atoms with Crippen molar-refractivity contribution < 1.29 is 0 Å². The Kier molecular flexibility index (Phi) is 4.90. The fraction of sp³-hybridized carbons (Fsp3) is 0.105. The molecule has 5 nitrogen and oxygen atoms in total. The van der Waals surface area contributed by atoms with Gasteiger partial charge in [0, 0.05) is 5.56 Å². The molecule has 0 atom stereocenters. The van der Waals surface area contributed by atoms with Crippen molar-refractivity contribution in [2.45, 2.75) is 13.8 Å². The molecule has 2 aromatic carbocycles. The summed E-state index contributed by atoms with van der Waals surface area (Å²) in [5.74, 6) is -0.182. The lowest BCUT2D eigenvalue weighted by Gasteiger charge is -2.02. The topological polar surface area (TPSA) is 87.2 Å². The van der Waals surface area contributed by atoms with Crippen LogP contribution in [-0.4, -0.2) is 16.7 Å². The molecular weight excluding hydrogens is 330 g/mol. The number of aromatic nitrogens is 1. The minimum absolute atomic E-state index is 0.182. The molecule has 0 amide bonds. The molecule has 4 N–H and O–H groups in total. The lowest BCUT2D eigenvalue weighted by atomic mass is 10.0. The minimum atomic E-state index is -0.182. The number of rotatable bonds is 4. The number of hydrogen-bond donors (Lipinski definition) is 3. The Morgan fingerprint density at radius 2 is 1.64 bits per heavy atom. The second kappa shape index (κ2) is 7.27. The van der Waals surface area contributed by atoms with Crippen LogP contribution < -0.4 is 11.2 Å². The number of benzene rings is 2. The molecule has 0 aliphatic carbocycles. The molecule has 1 aromatic heterocycles. The van der Waals surface area contributed by atoms with Gasteiger partial charge >= 0.3 is 0 Å². The first-order chi connectivity index (χ1) is 12.0. The van der Waals surface area contributed by atoms with Gasteiger partial charge in [0.05, 0.1) is 16.3 Å². The smallest absolute Gasteiger partial charge is 0.206 e. The van der Waals surface area contributed by atoms with Crippen LogP contribution in [0.4, 0.5) is 0 Å². The average Bonchev–Trinajstić information content (AvgIpc) is 3.02. The third-order valence-corrected chi connectivity index (χ3v) is 5.02. The predicted octanol–water partition coefficient (Wildman–Crippen LogP) is 3.99. The van der Waals surface area contributed by atoms with Gasteiger partial charge in [-0.1, -0.05) is 54.6 Å². The molecule has 1 heterocycles. The van der Waals surface area contributed by atoms with Gasteiger partial charge in [-0.3, -0.25) is 5.41 Å². The van der Waals surface area contributed by atoms with Crippen molar-refractivity contribution in [3.05, 3.63) is 65.2 Å². The van der Waals surface area contributed by atoms with Gasteiger partial charge < -0.3 is 5.73 Å². The van der Waals surface area contributed by atoms with Crippen molar-refractivity contribution in [2.24, 2.45) is 10.8 Å². The molecule has 3 rings (SSSR count). The minimum Gasteiger partial charge on any atom is -0.369 e. The lowest BCUT2D eigenvalue weighted by Crippen LogP contribution is -2.26. The fourth-order valence-corrected chi connectivity index (χ4v) is 3.50. The van der Waals surface area contributed by atoms with E-state index in [2.05, 4.69) is 51.9 Å². The van der Waals surface area contributed by atoms with E-state index in [4.69, 9.17) is 11.1 Å². The highest BCUT2D eigenvalue weighted by molar-refractivity contribution is 7.17. The summed E-state index contributed by atoms with van der Waals surface area (Å²) in [6, 6.07) is 18.7. The number of aryl methyl sites for hydroxylation is 1. The molecule has 0 saturated heterocycles. The van der Waals surface area contributed by atoms with Crippen LogP contribution in [0.15, 0.2) is 59.7 Å². The van der Waals surface area contributed by atoms with Crippen LogP contribution in [0.2, 0.25) is 0 Å². The molecular formula is C19H19N5S. The second-order valence-electron chi connectivity index (χ2n) is 5.60. The number of hydrazone groups is 1. The summed E-state index contributed by atoms with van der Waals surface area (Å²) >= 11 is 1.58. The molecule has 0 aliphatic rings. The largest absolute Gasteiger partial charge is 0.369 e. The standard InChI is InChI=1S/C19H19N5S/c1-12-17(13(2)23-24-19(20)21)25-18(22-12)16-10-8-15(9-11-16)14-6-4-3-5-7-14/h3-11H,1-2H3,(H4,20,21,24)/b23-13-. The summed E-state index contributed by atoms with van der Waals surface area (Å²) in [6.45, 7) is 3.83. The van der Waals surface area contributed by atoms with Crippen LogP contribution in [0, 0.1) is 12.3 Å². The van der Waals surface area contributed by atoms with Crippen LogP contribution in [0.3, 0.4) is 0 Å². The molecule has 126 valence electrons. The molecule has 0 fully saturated rings. The van der Waals surface area contributed by atoms with E-state index in [-0.39, 0.29) is 5.96 Å². The lowest BCUT2D eigenvalue weighted by molar-refractivity contribution is 0.992. The Balaban J connectivity index is 1.87. The maximum absolute atomic E-state index is 7.18. The van der Waals surface area contributed by atoms with Gasteiger partial charge in [0.1, 0.15) is 5.01 Å². The van der Waals surface area contributed by atoms with Crippen molar-refractivity contribution >= 4 is 23.0 Å². The zero-order valence-electron chi connectivity index (χ0n) is 14.1. The molecule has 0 unspecified atom stereocenters. The third kappa shape index (κ3) is 3.92. The van der Waals surface area contributed by atoms with Gasteiger partial charge in [-0.25, -0.2) is 10.4 Å². The zero-order valence-corrected chi connectivity index (χ0v) is 14.9. The quantitative estimate of drug-likeness (QED) is 0.378. The van der Waals surface area contributed by atoms with E-state index >= 15 is 0 Å². The Bertz CT molecular complexity index is 911. The maximum atomic E-state index is 7.18. The first-order valence-electron chi connectivity index (χ1n) is 7.82. The Morgan fingerprint density at radius 3 is 2.28 bits per heavy atom. The molecule has 25 heavy (non-hydrogen) atoms. The van der Waals surface area contributed by atoms with Gasteiger partial charge in [-0.05, 0) is 25.0 Å². The molecule has 0 radical (unpaired) electrons. The number of nitrogens with two attached hydrogens (primary N) is 1. The predicted molar refractivity (Wildman–Crippen MR) is 105 cm³/mol. The van der Waals surface area contributed by atoms with E-state index in [1.165, 1.54) is 11.1 Å². The van der Waals surface area contributed by atoms with E-state index in [0.29, 0.717) is 0 Å². The van der Waals surface area contributed by atoms with Gasteiger partial charge in [-0.15, -0.1) is 11.3 Å². The average molecular weight is 349 g/mol. The number of guanidine groups is 1. The summed E-state index contributed by atoms with van der Waals surface area (Å²) < 4.78 is 0. The number of nitrogens with zero attached hydrogens (tertiary/aromatic N) is 2. The Morgan fingerprint density at radius 1 is 1.04 bits per heavy atom. The zero-order chi connectivity index (χ0) is 17.8. The highest BCUT2D eigenvalue weighted by Gasteiger charge is 2.12. The van der Waals surface area contributed by atoms with Crippen molar-refractivity contribution in [3.8, 4) is 21.7 Å². The van der Waals surface area contributed by atoms with Crippen molar-refractivity contribution in [2.75, 3.05) is 0 Å². The fourth-order valence-electron chi connectivity index (χ4n) is 2.49. The van der Waals surface area contributed by atoms with Crippen LogP contribution >= 0.6 is 11.3 Å². The Hall–Kier alpha value is -2.99. The maximum Gasteiger partial charge on any atom is 0.206 e. The molecule has 0 spiro atoms. The number of nitrogens with one attached hydrogen (secondary N) is 2. The van der Waals surface area contributed by atoms with E-state index in [1.54, 1.807) is 11.3 Å². The van der Waals surface area contributed by atoms with Crippen molar-refractivity contribution in [1.82, 2.24) is 10.4 Å². The van der Waals surface area contributed by atoms with E-state index in [1.807, 2.05) is 32.0 Å².